The van der Waals surface area contributed by atoms with Crippen molar-refractivity contribution in [2.75, 3.05) is 12.3 Å². The zero-order chi connectivity index (χ0) is 20.6. The van der Waals surface area contributed by atoms with Crippen molar-refractivity contribution in [1.29, 1.82) is 0 Å². The van der Waals surface area contributed by atoms with Gasteiger partial charge in [-0.15, -0.1) is 0 Å². The highest BCUT2D eigenvalue weighted by Gasteiger charge is 2.28. The summed E-state index contributed by atoms with van der Waals surface area (Å²) in [6, 6.07) is 7.81. The maximum Gasteiger partial charge on any atom is 0.263 e. The van der Waals surface area contributed by atoms with Crippen molar-refractivity contribution in [3.05, 3.63) is 51.3 Å². The first-order valence-electron chi connectivity index (χ1n) is 10.9. The van der Waals surface area contributed by atoms with Crippen LogP contribution in [-0.4, -0.2) is 27.0 Å². The standard InChI is InChI=1S/C23H33N3O2S/c1-3-5-6-7-8-11-16-29-23-25-21(27)19(22(28)26(23)4-2)20-18-13-10-9-12-17(18)14-15-24-20/h9-10,12-13,20,24,27H,3-8,11,14-16H2,1-2H3. The molecule has 1 aromatic carbocycles. The summed E-state index contributed by atoms with van der Waals surface area (Å²) in [5.74, 6) is 0.779. The highest BCUT2D eigenvalue weighted by Crippen LogP contribution is 2.32. The predicted octanol–water partition coefficient (Wildman–Crippen LogP) is 4.66. The molecule has 6 heteroatoms. The van der Waals surface area contributed by atoms with E-state index in [1.165, 1.54) is 37.7 Å². The van der Waals surface area contributed by atoms with Crippen LogP contribution in [0.3, 0.4) is 0 Å². The summed E-state index contributed by atoms with van der Waals surface area (Å²) >= 11 is 1.58. The van der Waals surface area contributed by atoms with E-state index < -0.39 is 0 Å². The van der Waals surface area contributed by atoms with Crippen LogP contribution in [-0.2, 0) is 13.0 Å². The van der Waals surface area contributed by atoms with Crippen molar-refractivity contribution >= 4 is 11.8 Å². The van der Waals surface area contributed by atoms with Crippen LogP contribution < -0.4 is 10.9 Å². The van der Waals surface area contributed by atoms with Crippen molar-refractivity contribution in [2.24, 2.45) is 0 Å². The van der Waals surface area contributed by atoms with Gasteiger partial charge in [0.15, 0.2) is 5.16 Å². The van der Waals surface area contributed by atoms with Gasteiger partial charge in [-0.1, -0.05) is 75.1 Å². The molecule has 158 valence electrons. The Labute approximate surface area is 178 Å². The molecule has 5 nitrogen and oxygen atoms in total. The van der Waals surface area contributed by atoms with Gasteiger partial charge in [-0.05, 0) is 30.9 Å². The number of thioether (sulfide) groups is 1. The Hall–Kier alpha value is -1.79. The third-order valence-electron chi connectivity index (χ3n) is 5.59. The van der Waals surface area contributed by atoms with E-state index in [1.807, 2.05) is 25.1 Å². The normalized spacial score (nSPS) is 16.0. The summed E-state index contributed by atoms with van der Waals surface area (Å²) in [6.45, 7) is 5.51. The Kier molecular flexibility index (Phi) is 8.19. The first-order chi connectivity index (χ1) is 14.2. The van der Waals surface area contributed by atoms with Gasteiger partial charge in [-0.3, -0.25) is 9.36 Å². The SMILES string of the molecule is CCCCCCCCSc1nc(O)c(C2NCCc3ccccc32)c(=O)n1CC. The Morgan fingerprint density at radius 3 is 2.72 bits per heavy atom. The summed E-state index contributed by atoms with van der Waals surface area (Å²) in [4.78, 5) is 17.7. The topological polar surface area (TPSA) is 67.2 Å². The van der Waals surface area contributed by atoms with Gasteiger partial charge >= 0.3 is 0 Å². The number of hydrogen-bond acceptors (Lipinski definition) is 5. The molecule has 0 spiro atoms. The van der Waals surface area contributed by atoms with Gasteiger partial charge in [0.2, 0.25) is 5.88 Å². The zero-order valence-electron chi connectivity index (χ0n) is 17.6. The average molecular weight is 416 g/mol. The molecule has 1 aromatic heterocycles. The number of aromatic nitrogens is 2. The van der Waals surface area contributed by atoms with Crippen LogP contribution in [0.4, 0.5) is 0 Å². The number of nitrogens with zero attached hydrogens (tertiary/aromatic N) is 2. The average Bonchev–Trinajstić information content (AvgIpc) is 2.73. The predicted molar refractivity (Wildman–Crippen MR) is 120 cm³/mol. The highest BCUT2D eigenvalue weighted by molar-refractivity contribution is 7.99. The molecule has 1 atom stereocenters. The molecule has 2 N–H and O–H groups in total. The molecule has 0 bridgehead atoms. The van der Waals surface area contributed by atoms with Crippen LogP contribution in [0, 0.1) is 0 Å². The minimum atomic E-state index is -0.310. The van der Waals surface area contributed by atoms with Gasteiger partial charge in [0.25, 0.3) is 5.56 Å². The summed E-state index contributed by atoms with van der Waals surface area (Å²) < 4.78 is 1.70. The van der Waals surface area contributed by atoms with Crippen LogP contribution >= 0.6 is 11.8 Å². The lowest BCUT2D eigenvalue weighted by atomic mass is 9.91. The van der Waals surface area contributed by atoms with Gasteiger partial charge in [-0.25, -0.2) is 0 Å². The molecule has 1 aliphatic heterocycles. The molecule has 2 aromatic rings. The lowest BCUT2D eigenvalue weighted by Gasteiger charge is -2.27. The molecule has 0 amide bonds. The molecule has 1 aliphatic rings. The van der Waals surface area contributed by atoms with E-state index in [-0.39, 0.29) is 17.5 Å². The van der Waals surface area contributed by atoms with E-state index in [0.717, 1.165) is 30.7 Å². The number of unbranched alkanes of at least 4 members (excludes halogenated alkanes) is 5. The highest BCUT2D eigenvalue weighted by atomic mass is 32.2. The Balaban J connectivity index is 1.77. The van der Waals surface area contributed by atoms with Crippen molar-refractivity contribution in [3.63, 3.8) is 0 Å². The minimum absolute atomic E-state index is 0.139. The van der Waals surface area contributed by atoms with Crippen molar-refractivity contribution < 1.29 is 5.11 Å². The van der Waals surface area contributed by atoms with E-state index in [9.17, 15) is 9.90 Å². The molecular weight excluding hydrogens is 382 g/mol. The molecular formula is C23H33N3O2S. The van der Waals surface area contributed by atoms with Crippen LogP contribution in [0.1, 0.15) is 75.1 Å². The van der Waals surface area contributed by atoms with Crippen LogP contribution in [0.5, 0.6) is 5.88 Å². The molecule has 1 unspecified atom stereocenters. The molecule has 0 aliphatic carbocycles. The van der Waals surface area contributed by atoms with Crippen molar-refractivity contribution in [1.82, 2.24) is 14.9 Å². The van der Waals surface area contributed by atoms with Crippen LogP contribution in [0.15, 0.2) is 34.2 Å². The third kappa shape index (κ3) is 5.23. The monoisotopic (exact) mass is 415 g/mol. The molecule has 3 rings (SSSR count). The number of nitrogens with one attached hydrogen (secondary N) is 1. The molecule has 2 heterocycles. The van der Waals surface area contributed by atoms with E-state index in [2.05, 4.69) is 23.3 Å². The van der Waals surface area contributed by atoms with Crippen molar-refractivity contribution in [2.45, 2.75) is 76.5 Å². The first-order valence-corrected chi connectivity index (χ1v) is 11.9. The maximum atomic E-state index is 13.3. The summed E-state index contributed by atoms with van der Waals surface area (Å²) in [7, 11) is 0. The largest absolute Gasteiger partial charge is 0.493 e. The summed E-state index contributed by atoms with van der Waals surface area (Å²) in [5.41, 5.74) is 2.50. The number of rotatable bonds is 10. The van der Waals surface area contributed by atoms with E-state index >= 15 is 0 Å². The van der Waals surface area contributed by atoms with Gasteiger partial charge in [0.1, 0.15) is 5.56 Å². The fourth-order valence-corrected chi connectivity index (χ4v) is 5.04. The molecule has 0 saturated carbocycles. The van der Waals surface area contributed by atoms with E-state index in [1.54, 1.807) is 16.3 Å². The Bertz CT molecular complexity index is 866. The van der Waals surface area contributed by atoms with Crippen LogP contribution in [0.2, 0.25) is 0 Å². The molecule has 0 saturated heterocycles. The lowest BCUT2D eigenvalue weighted by molar-refractivity contribution is 0.410. The number of hydrogen-bond donors (Lipinski definition) is 2. The minimum Gasteiger partial charge on any atom is -0.493 e. The Morgan fingerprint density at radius 2 is 1.93 bits per heavy atom. The second-order valence-corrected chi connectivity index (χ2v) is 8.70. The number of benzene rings is 1. The summed E-state index contributed by atoms with van der Waals surface area (Å²) in [6.07, 6.45) is 8.36. The second-order valence-electron chi connectivity index (χ2n) is 7.63. The van der Waals surface area contributed by atoms with Crippen molar-refractivity contribution in [3.8, 4) is 5.88 Å². The fourth-order valence-electron chi connectivity index (χ4n) is 3.99. The number of fused-ring (bicyclic) bond motifs is 1. The first kappa shape index (κ1) is 21.9. The lowest BCUT2D eigenvalue weighted by Crippen LogP contribution is -2.37. The fraction of sp³-hybridized carbons (Fsp3) is 0.565. The third-order valence-corrected chi connectivity index (χ3v) is 6.65. The van der Waals surface area contributed by atoms with Crippen LogP contribution in [0.25, 0.3) is 0 Å². The maximum absolute atomic E-state index is 13.3. The van der Waals surface area contributed by atoms with Gasteiger partial charge in [0.05, 0.1) is 6.04 Å². The number of aromatic hydroxyl groups is 1. The second kappa shape index (κ2) is 10.8. The molecule has 0 radical (unpaired) electrons. The molecule has 0 fully saturated rings. The van der Waals surface area contributed by atoms with Gasteiger partial charge < -0.3 is 10.4 Å². The summed E-state index contributed by atoms with van der Waals surface area (Å²) in [5, 5.41) is 14.7. The molecule has 29 heavy (non-hydrogen) atoms. The van der Waals surface area contributed by atoms with E-state index in [0.29, 0.717) is 17.3 Å². The zero-order valence-corrected chi connectivity index (χ0v) is 18.4. The van der Waals surface area contributed by atoms with Gasteiger partial charge in [0, 0.05) is 18.8 Å². The smallest absolute Gasteiger partial charge is 0.263 e. The quantitative estimate of drug-likeness (QED) is 0.336. The van der Waals surface area contributed by atoms with Gasteiger partial charge in [-0.2, -0.15) is 4.98 Å². The van der Waals surface area contributed by atoms with E-state index in [4.69, 9.17) is 0 Å². The Morgan fingerprint density at radius 1 is 1.17 bits per heavy atom.